The maximum Gasteiger partial charge on any atom is 0.0376 e. The Morgan fingerprint density at radius 3 is 3.05 bits per heavy atom. The largest absolute Gasteiger partial charge is 0.385 e. The summed E-state index contributed by atoms with van der Waals surface area (Å²) in [4.78, 5) is 1.46. The number of hydrogen-bond acceptors (Lipinski definition) is 3. The second-order valence-corrected chi connectivity index (χ2v) is 6.16. The molecule has 1 aliphatic rings. The lowest BCUT2D eigenvalue weighted by atomic mass is 9.91. The number of rotatable bonds is 4. The molecule has 2 nitrogen and oxygen atoms in total. The van der Waals surface area contributed by atoms with Crippen molar-refractivity contribution in [2.45, 2.75) is 25.8 Å². The zero-order chi connectivity index (χ0) is 13.1. The van der Waals surface area contributed by atoms with Crippen molar-refractivity contribution < 1.29 is 0 Å². The summed E-state index contributed by atoms with van der Waals surface area (Å²) >= 11 is 1.85. The number of thiophene rings is 1. The van der Waals surface area contributed by atoms with Crippen LogP contribution < -0.4 is 10.6 Å². The number of fused-ring (bicyclic) bond motifs is 1. The molecule has 0 radical (unpaired) electrons. The van der Waals surface area contributed by atoms with Gasteiger partial charge in [-0.1, -0.05) is 18.2 Å². The molecule has 1 aromatic heterocycles. The summed E-state index contributed by atoms with van der Waals surface area (Å²) in [5.41, 5.74) is 4.18. The summed E-state index contributed by atoms with van der Waals surface area (Å²) in [6.07, 6.45) is 1.22. The predicted octanol–water partition coefficient (Wildman–Crippen LogP) is 3.75. The molecule has 0 bridgehead atoms. The van der Waals surface area contributed by atoms with Crippen LogP contribution in [0.25, 0.3) is 0 Å². The lowest BCUT2D eigenvalue weighted by Gasteiger charge is -2.26. The molecule has 0 saturated carbocycles. The van der Waals surface area contributed by atoms with Gasteiger partial charge < -0.3 is 10.6 Å². The molecule has 1 aromatic carbocycles. The van der Waals surface area contributed by atoms with Crippen molar-refractivity contribution in [2.75, 3.05) is 18.4 Å². The second kappa shape index (κ2) is 5.76. The number of hydrogen-bond donors (Lipinski definition) is 2. The average Bonchev–Trinajstić information content (AvgIpc) is 2.85. The first-order valence-corrected chi connectivity index (χ1v) is 7.79. The Balaban J connectivity index is 1.61. The van der Waals surface area contributed by atoms with E-state index in [2.05, 4.69) is 53.3 Å². The topological polar surface area (TPSA) is 24.1 Å². The molecular weight excluding hydrogens is 252 g/mol. The predicted molar refractivity (Wildman–Crippen MR) is 83.1 cm³/mol. The van der Waals surface area contributed by atoms with E-state index in [-0.39, 0.29) is 0 Å². The Bertz CT molecular complexity index is 547. The Kier molecular flexibility index (Phi) is 3.85. The molecule has 3 rings (SSSR count). The maximum absolute atomic E-state index is 3.62. The minimum atomic E-state index is 0.637. The number of anilines is 1. The van der Waals surface area contributed by atoms with Gasteiger partial charge in [-0.3, -0.25) is 0 Å². The zero-order valence-corrected chi connectivity index (χ0v) is 12.1. The van der Waals surface area contributed by atoms with Gasteiger partial charge in [-0.15, -0.1) is 11.3 Å². The van der Waals surface area contributed by atoms with E-state index in [0.717, 1.165) is 19.6 Å². The average molecular weight is 272 g/mol. The fourth-order valence-electron chi connectivity index (χ4n) is 2.71. The van der Waals surface area contributed by atoms with Gasteiger partial charge in [0.1, 0.15) is 0 Å². The molecule has 2 aromatic rings. The van der Waals surface area contributed by atoms with E-state index in [1.54, 1.807) is 0 Å². The van der Waals surface area contributed by atoms with Crippen molar-refractivity contribution in [1.29, 1.82) is 0 Å². The van der Waals surface area contributed by atoms with Crippen molar-refractivity contribution in [3.63, 3.8) is 0 Å². The number of nitrogens with one attached hydrogen (secondary N) is 2. The molecule has 19 heavy (non-hydrogen) atoms. The summed E-state index contributed by atoms with van der Waals surface area (Å²) in [5, 5.41) is 9.27. The monoisotopic (exact) mass is 272 g/mol. The number of benzene rings is 1. The molecule has 1 atom stereocenters. The van der Waals surface area contributed by atoms with Crippen LogP contribution in [0.1, 0.15) is 28.3 Å². The van der Waals surface area contributed by atoms with Crippen molar-refractivity contribution in [3.8, 4) is 0 Å². The SMILES string of the molecule is Cc1ccsc1CNCC1CCNc2ccccc21. The van der Waals surface area contributed by atoms with Crippen LogP contribution in [0.3, 0.4) is 0 Å². The summed E-state index contributed by atoms with van der Waals surface area (Å²) in [5.74, 6) is 0.637. The van der Waals surface area contributed by atoms with E-state index in [1.165, 1.54) is 28.1 Å². The van der Waals surface area contributed by atoms with E-state index in [9.17, 15) is 0 Å². The van der Waals surface area contributed by atoms with Crippen molar-refractivity contribution in [2.24, 2.45) is 0 Å². The zero-order valence-electron chi connectivity index (χ0n) is 11.3. The van der Waals surface area contributed by atoms with Crippen molar-refractivity contribution in [3.05, 3.63) is 51.7 Å². The molecule has 1 aliphatic heterocycles. The maximum atomic E-state index is 3.62. The fraction of sp³-hybridized carbons (Fsp3) is 0.375. The van der Waals surface area contributed by atoms with Gasteiger partial charge >= 0.3 is 0 Å². The molecule has 2 N–H and O–H groups in total. The highest BCUT2D eigenvalue weighted by atomic mass is 32.1. The molecule has 0 aliphatic carbocycles. The molecule has 2 heterocycles. The third-order valence-electron chi connectivity index (χ3n) is 3.85. The molecule has 100 valence electrons. The first-order valence-electron chi connectivity index (χ1n) is 6.91. The smallest absolute Gasteiger partial charge is 0.0376 e. The van der Waals surface area contributed by atoms with Crippen LogP contribution in [-0.4, -0.2) is 13.1 Å². The summed E-state index contributed by atoms with van der Waals surface area (Å²) in [6.45, 7) is 5.33. The Morgan fingerprint density at radius 1 is 1.32 bits per heavy atom. The Labute approximate surface area is 118 Å². The first-order chi connectivity index (χ1) is 9.34. The molecule has 3 heteroatoms. The summed E-state index contributed by atoms with van der Waals surface area (Å²) in [6, 6.07) is 10.9. The fourth-order valence-corrected chi connectivity index (χ4v) is 3.58. The van der Waals surface area contributed by atoms with Gasteiger partial charge in [0.15, 0.2) is 0 Å². The quantitative estimate of drug-likeness (QED) is 0.886. The highest BCUT2D eigenvalue weighted by molar-refractivity contribution is 7.10. The van der Waals surface area contributed by atoms with E-state index >= 15 is 0 Å². The summed E-state index contributed by atoms with van der Waals surface area (Å²) < 4.78 is 0. The number of para-hydroxylation sites is 1. The molecule has 0 fully saturated rings. The normalized spacial score (nSPS) is 17.8. The minimum absolute atomic E-state index is 0.637. The third-order valence-corrected chi connectivity index (χ3v) is 4.88. The molecular formula is C16H20N2S. The van der Waals surface area contributed by atoms with Crippen LogP contribution >= 0.6 is 11.3 Å². The van der Waals surface area contributed by atoms with Gasteiger partial charge in [-0.2, -0.15) is 0 Å². The van der Waals surface area contributed by atoms with Gasteiger partial charge in [-0.05, 0) is 42.0 Å². The second-order valence-electron chi connectivity index (χ2n) is 5.16. The van der Waals surface area contributed by atoms with Crippen LogP contribution in [0.5, 0.6) is 0 Å². The molecule has 0 saturated heterocycles. The van der Waals surface area contributed by atoms with Gasteiger partial charge in [0.2, 0.25) is 0 Å². The lowest BCUT2D eigenvalue weighted by molar-refractivity contribution is 0.553. The number of aryl methyl sites for hydroxylation is 1. The van der Waals surface area contributed by atoms with Crippen LogP contribution in [0.4, 0.5) is 5.69 Å². The van der Waals surface area contributed by atoms with Gasteiger partial charge in [-0.25, -0.2) is 0 Å². The van der Waals surface area contributed by atoms with E-state index in [0.29, 0.717) is 5.92 Å². The molecule has 0 spiro atoms. The van der Waals surface area contributed by atoms with Crippen LogP contribution in [-0.2, 0) is 6.54 Å². The highest BCUT2D eigenvalue weighted by Gasteiger charge is 2.18. The third kappa shape index (κ3) is 2.82. The summed E-state index contributed by atoms with van der Waals surface area (Å²) in [7, 11) is 0. The first kappa shape index (κ1) is 12.7. The minimum Gasteiger partial charge on any atom is -0.385 e. The van der Waals surface area contributed by atoms with Crippen LogP contribution in [0.15, 0.2) is 35.7 Å². The van der Waals surface area contributed by atoms with Crippen molar-refractivity contribution >= 4 is 17.0 Å². The lowest BCUT2D eigenvalue weighted by Crippen LogP contribution is -2.26. The van der Waals surface area contributed by atoms with E-state index < -0.39 is 0 Å². The van der Waals surface area contributed by atoms with Gasteiger partial charge in [0.25, 0.3) is 0 Å². The van der Waals surface area contributed by atoms with Crippen LogP contribution in [0, 0.1) is 6.92 Å². The molecule has 1 unspecified atom stereocenters. The van der Waals surface area contributed by atoms with Gasteiger partial charge in [0.05, 0.1) is 0 Å². The van der Waals surface area contributed by atoms with Crippen LogP contribution in [0.2, 0.25) is 0 Å². The highest BCUT2D eigenvalue weighted by Crippen LogP contribution is 2.30. The molecule has 0 amide bonds. The van der Waals surface area contributed by atoms with Crippen molar-refractivity contribution in [1.82, 2.24) is 5.32 Å². The Morgan fingerprint density at radius 2 is 2.21 bits per heavy atom. The van der Waals surface area contributed by atoms with E-state index in [1.807, 2.05) is 11.3 Å². The Hall–Kier alpha value is -1.32. The van der Waals surface area contributed by atoms with Gasteiger partial charge in [0, 0.05) is 36.1 Å². The standard InChI is InChI=1S/C16H20N2S/c1-12-7-9-19-16(12)11-17-10-13-6-8-18-15-5-3-2-4-14(13)15/h2-5,7,9,13,17-18H,6,8,10-11H2,1H3. The van der Waals surface area contributed by atoms with E-state index in [4.69, 9.17) is 0 Å².